The summed E-state index contributed by atoms with van der Waals surface area (Å²) < 4.78 is 44.5. The van der Waals surface area contributed by atoms with E-state index >= 15 is 0 Å². The molecular weight excluding hydrogens is 543 g/mol. The minimum absolute atomic E-state index is 0.0375. The Hall–Kier alpha value is -3.09. The summed E-state index contributed by atoms with van der Waals surface area (Å²) >= 11 is 1.39. The van der Waals surface area contributed by atoms with E-state index in [1.54, 1.807) is 18.3 Å². The van der Waals surface area contributed by atoms with Crippen molar-refractivity contribution in [2.24, 2.45) is 5.92 Å². The van der Waals surface area contributed by atoms with E-state index in [9.17, 15) is 23.1 Å². The van der Waals surface area contributed by atoms with Gasteiger partial charge in [-0.15, -0.1) is 11.3 Å². The second-order valence-electron chi connectivity index (χ2n) is 10.6. The molecule has 1 saturated carbocycles. The van der Waals surface area contributed by atoms with Crippen LogP contribution in [0.3, 0.4) is 0 Å². The maximum Gasteiger partial charge on any atom is 0.433 e. The van der Waals surface area contributed by atoms with Crippen LogP contribution in [0.15, 0.2) is 36.7 Å². The van der Waals surface area contributed by atoms with Crippen molar-refractivity contribution in [3.05, 3.63) is 52.9 Å². The summed E-state index contributed by atoms with van der Waals surface area (Å²) in [5.41, 5.74) is 0.155. The molecule has 1 saturated heterocycles. The average Bonchev–Trinajstić information content (AvgIpc) is 3.42. The van der Waals surface area contributed by atoms with Crippen molar-refractivity contribution in [3.63, 3.8) is 0 Å². The zero-order chi connectivity index (χ0) is 28.3. The molecule has 0 bridgehead atoms. The van der Waals surface area contributed by atoms with Gasteiger partial charge in [-0.3, -0.25) is 4.79 Å². The predicted octanol–water partition coefficient (Wildman–Crippen LogP) is 5.73. The third-order valence-corrected chi connectivity index (χ3v) is 8.70. The van der Waals surface area contributed by atoms with E-state index in [4.69, 9.17) is 4.74 Å². The van der Waals surface area contributed by atoms with Gasteiger partial charge in [0.1, 0.15) is 16.3 Å². The first kappa shape index (κ1) is 28.4. The van der Waals surface area contributed by atoms with Crippen LogP contribution >= 0.6 is 11.3 Å². The number of hydrogen-bond acceptors (Lipinski definition) is 8. The fourth-order valence-electron chi connectivity index (χ4n) is 5.28. The Morgan fingerprint density at radius 1 is 1.15 bits per heavy atom. The molecule has 1 aliphatic heterocycles. The number of rotatable bonds is 7. The standard InChI is InChI=1S/C28H32F3N5O3S/c1-17-12-19(15-21(13-17)35-26-32-9-4-23(36-26)28(29,30)31)22-16-33-25(40-22)27(38)7-2-20(3-8-27)34-24(37)14-18-5-10-39-11-6-18/h4,9,12-13,15-16,18,20,38H,2-3,5-8,10-11,14H2,1H3,(H,34,37)(H,32,35,36). The molecule has 0 unspecified atom stereocenters. The number of anilines is 2. The van der Waals surface area contributed by atoms with Gasteiger partial charge in [0.25, 0.3) is 0 Å². The molecule has 3 aromatic rings. The lowest BCUT2D eigenvalue weighted by Gasteiger charge is -2.35. The van der Waals surface area contributed by atoms with Gasteiger partial charge in [-0.25, -0.2) is 15.0 Å². The molecule has 214 valence electrons. The number of benzene rings is 1. The lowest BCUT2D eigenvalue weighted by molar-refractivity contribution is -0.141. The van der Waals surface area contributed by atoms with Crippen LogP contribution in [0.1, 0.15) is 61.2 Å². The van der Waals surface area contributed by atoms with Gasteiger partial charge in [0, 0.05) is 43.8 Å². The van der Waals surface area contributed by atoms with Gasteiger partial charge >= 0.3 is 6.18 Å². The largest absolute Gasteiger partial charge is 0.433 e. The minimum Gasteiger partial charge on any atom is -0.383 e. The van der Waals surface area contributed by atoms with Crippen molar-refractivity contribution in [1.82, 2.24) is 20.3 Å². The lowest BCUT2D eigenvalue weighted by atomic mass is 9.82. The van der Waals surface area contributed by atoms with Gasteiger partial charge in [0.2, 0.25) is 11.9 Å². The van der Waals surface area contributed by atoms with Crippen LogP contribution in [0.2, 0.25) is 0 Å². The molecule has 0 spiro atoms. The molecule has 5 rings (SSSR count). The van der Waals surface area contributed by atoms with E-state index in [0.717, 1.165) is 54.3 Å². The minimum atomic E-state index is -4.56. The Kier molecular flexibility index (Phi) is 8.39. The van der Waals surface area contributed by atoms with Crippen molar-refractivity contribution in [2.75, 3.05) is 18.5 Å². The Bertz CT molecular complexity index is 1330. The first-order chi connectivity index (χ1) is 19.1. The van der Waals surface area contributed by atoms with Crippen LogP contribution in [-0.2, 0) is 21.3 Å². The summed E-state index contributed by atoms with van der Waals surface area (Å²) in [5.74, 6) is 0.290. The monoisotopic (exact) mass is 575 g/mol. The van der Waals surface area contributed by atoms with Gasteiger partial charge < -0.3 is 20.5 Å². The molecule has 12 heteroatoms. The number of aliphatic hydroxyl groups is 1. The number of nitrogens with one attached hydrogen (secondary N) is 2. The van der Waals surface area contributed by atoms with Crippen LogP contribution < -0.4 is 10.6 Å². The highest BCUT2D eigenvalue weighted by atomic mass is 32.1. The van der Waals surface area contributed by atoms with Gasteiger partial charge in [0.05, 0.1) is 4.88 Å². The number of amides is 1. The second-order valence-corrected chi connectivity index (χ2v) is 11.7. The fraction of sp³-hybridized carbons (Fsp3) is 0.500. The molecule has 1 aliphatic carbocycles. The zero-order valence-electron chi connectivity index (χ0n) is 22.1. The van der Waals surface area contributed by atoms with Gasteiger partial charge in [0.15, 0.2) is 0 Å². The van der Waals surface area contributed by atoms with Gasteiger partial charge in [-0.05, 0) is 80.7 Å². The summed E-state index contributed by atoms with van der Waals surface area (Å²) in [5, 5.41) is 18.0. The Morgan fingerprint density at radius 2 is 1.90 bits per heavy atom. The van der Waals surface area contributed by atoms with Crippen LogP contribution in [0.5, 0.6) is 0 Å². The highest BCUT2D eigenvalue weighted by Crippen LogP contribution is 2.41. The van der Waals surface area contributed by atoms with Crippen molar-refractivity contribution < 1.29 is 27.8 Å². The number of thiazole rings is 1. The number of alkyl halides is 3. The van der Waals surface area contributed by atoms with Crippen LogP contribution in [0.25, 0.3) is 10.4 Å². The Labute approximate surface area is 234 Å². The number of aromatic nitrogens is 3. The molecule has 2 fully saturated rings. The number of nitrogens with zero attached hydrogens (tertiary/aromatic N) is 3. The molecule has 40 heavy (non-hydrogen) atoms. The maximum absolute atomic E-state index is 13.0. The highest BCUT2D eigenvalue weighted by molar-refractivity contribution is 7.15. The fourth-order valence-corrected chi connectivity index (χ4v) is 6.33. The third kappa shape index (κ3) is 6.97. The first-order valence-corrected chi connectivity index (χ1v) is 14.2. The van der Waals surface area contributed by atoms with Crippen LogP contribution in [-0.4, -0.2) is 45.2 Å². The molecule has 3 N–H and O–H groups in total. The first-order valence-electron chi connectivity index (χ1n) is 13.4. The Morgan fingerprint density at radius 3 is 2.62 bits per heavy atom. The quantitative estimate of drug-likeness (QED) is 0.330. The molecule has 2 aliphatic rings. The molecule has 8 nitrogen and oxygen atoms in total. The molecule has 0 radical (unpaired) electrons. The normalized spacial score (nSPS) is 22.2. The summed E-state index contributed by atoms with van der Waals surface area (Å²) in [4.78, 5) is 25.4. The van der Waals surface area contributed by atoms with E-state index in [0.29, 0.717) is 48.7 Å². The topological polar surface area (TPSA) is 109 Å². The molecule has 1 amide bonds. The lowest BCUT2D eigenvalue weighted by Crippen LogP contribution is -2.42. The van der Waals surface area contributed by atoms with Gasteiger partial charge in [-0.1, -0.05) is 6.07 Å². The Balaban J connectivity index is 1.22. The molecule has 1 aromatic carbocycles. The molecule has 0 atom stereocenters. The van der Waals surface area contributed by atoms with E-state index in [1.807, 2.05) is 13.0 Å². The van der Waals surface area contributed by atoms with E-state index < -0.39 is 17.5 Å². The number of carbonyl (C=O) groups is 1. The van der Waals surface area contributed by atoms with E-state index in [2.05, 4.69) is 25.6 Å². The van der Waals surface area contributed by atoms with Crippen molar-refractivity contribution in [1.29, 1.82) is 0 Å². The van der Waals surface area contributed by atoms with E-state index in [1.165, 1.54) is 11.3 Å². The summed E-state index contributed by atoms with van der Waals surface area (Å²) in [6, 6.07) is 6.40. The number of hydrogen-bond donors (Lipinski definition) is 3. The summed E-state index contributed by atoms with van der Waals surface area (Å²) in [6.07, 6.45) is 2.89. The molecule has 3 heterocycles. The van der Waals surface area contributed by atoms with Crippen LogP contribution in [0, 0.1) is 12.8 Å². The smallest absolute Gasteiger partial charge is 0.383 e. The molecular formula is C28H32F3N5O3S. The molecule has 2 aromatic heterocycles. The van der Waals surface area contributed by atoms with Crippen molar-refractivity contribution >= 4 is 28.9 Å². The van der Waals surface area contributed by atoms with Crippen molar-refractivity contribution in [2.45, 2.75) is 69.7 Å². The summed E-state index contributed by atoms with van der Waals surface area (Å²) in [7, 11) is 0. The maximum atomic E-state index is 13.0. The zero-order valence-corrected chi connectivity index (χ0v) is 22.9. The predicted molar refractivity (Wildman–Crippen MR) is 145 cm³/mol. The number of ether oxygens (including phenoxy) is 1. The van der Waals surface area contributed by atoms with E-state index in [-0.39, 0.29) is 17.9 Å². The highest BCUT2D eigenvalue weighted by Gasteiger charge is 2.38. The van der Waals surface area contributed by atoms with Crippen molar-refractivity contribution in [3.8, 4) is 10.4 Å². The second kappa shape index (κ2) is 11.8. The third-order valence-electron chi connectivity index (χ3n) is 7.46. The average molecular weight is 576 g/mol. The SMILES string of the molecule is Cc1cc(Nc2nccc(C(F)(F)F)n2)cc(-c2cnc(C3(O)CCC(NC(=O)CC4CCOCC4)CC3)s2)c1. The van der Waals surface area contributed by atoms with Gasteiger partial charge in [-0.2, -0.15) is 13.2 Å². The number of carbonyl (C=O) groups excluding carboxylic acids is 1. The number of aryl methyl sites for hydroxylation is 1. The van der Waals surface area contributed by atoms with Crippen LogP contribution in [0.4, 0.5) is 24.8 Å². The summed E-state index contributed by atoms with van der Waals surface area (Å²) in [6.45, 7) is 3.32. The number of halogens is 3.